The summed E-state index contributed by atoms with van der Waals surface area (Å²) in [7, 11) is -3.74. The van der Waals surface area contributed by atoms with E-state index in [1.54, 1.807) is 0 Å². The van der Waals surface area contributed by atoms with Gasteiger partial charge in [0.05, 0.1) is 51.2 Å². The molecular weight excluding hydrogens is 1170 g/mol. The van der Waals surface area contributed by atoms with Crippen LogP contribution < -0.4 is 21.3 Å². The second kappa shape index (κ2) is 50.8. The third-order valence-electron chi connectivity index (χ3n) is 14.3. The maximum atomic E-state index is 12.6. The number of aliphatic carboxylic acids is 3. The number of carbonyl (C=O) groups excluding carboxylic acids is 8. The van der Waals surface area contributed by atoms with Gasteiger partial charge in [0.1, 0.15) is 54.2 Å². The molecule has 8 N–H and O–H groups in total. The number of rotatable bonds is 62. The fraction of sp³-hybridized carbons (Fsp3) is 0.797. The van der Waals surface area contributed by atoms with E-state index in [-0.39, 0.29) is 140 Å². The minimum absolute atomic E-state index is 0.0116. The highest BCUT2D eigenvalue weighted by atomic mass is 32.2. The van der Waals surface area contributed by atoms with Gasteiger partial charge >= 0.3 is 17.9 Å². The molecule has 4 atom stereocenters. The first-order valence-corrected chi connectivity index (χ1v) is 33.0. The standard InChI is InChI=1S/C59H100N8O20S/c1-44(45(2)68)20-16-17-29-60-55(74)40-62-52(59(80)81)39-48(70)26-25-46(57(76)77)38-50(72)41-86-35-34-85-32-30-61-56(75)42-87-36-33-84-31-18-22-47(69)27-28-51(58(78)79)63-54(73)24-19-37-88(82,83)43-49(71)21-14-12-10-8-6-4-3-5-7-9-11-13-15-23-53-64-66-67-65-53/h44,46,51-52,62H,3-43H2,1-2H3,(H,60,74)(H,61,75)(H,63,73)(H,76,77)(H,78,79)(H,80,81)(H,64,65,66,67)/t44-,46+,51-,52+/m0/s1. The predicted molar refractivity (Wildman–Crippen MR) is 320 cm³/mol. The van der Waals surface area contributed by atoms with Crippen molar-refractivity contribution in [1.29, 1.82) is 0 Å². The number of carboxylic acid groups (broad SMARTS) is 3. The van der Waals surface area contributed by atoms with Crippen LogP contribution in [0.3, 0.4) is 0 Å². The number of carboxylic acids is 3. The number of hydrogen-bond donors (Lipinski definition) is 8. The highest BCUT2D eigenvalue weighted by Gasteiger charge is 2.27. The molecule has 0 bridgehead atoms. The Hall–Kier alpha value is -6.01. The fourth-order valence-corrected chi connectivity index (χ4v) is 10.3. The molecule has 28 nitrogen and oxygen atoms in total. The monoisotopic (exact) mass is 1270 g/mol. The van der Waals surface area contributed by atoms with Gasteiger partial charge in [0.25, 0.3) is 0 Å². The second-order valence-electron chi connectivity index (χ2n) is 22.2. The fourth-order valence-electron chi connectivity index (χ4n) is 8.95. The van der Waals surface area contributed by atoms with Crippen LogP contribution in [0.4, 0.5) is 0 Å². The Kier molecular flexibility index (Phi) is 46.2. The van der Waals surface area contributed by atoms with Gasteiger partial charge in [0.2, 0.25) is 17.7 Å². The smallest absolute Gasteiger partial charge is 0.326 e. The number of nitrogens with one attached hydrogen (secondary N) is 5. The van der Waals surface area contributed by atoms with Gasteiger partial charge < -0.3 is 50.2 Å². The highest BCUT2D eigenvalue weighted by Crippen LogP contribution is 2.17. The Morgan fingerprint density at radius 2 is 1.09 bits per heavy atom. The molecule has 0 saturated carbocycles. The van der Waals surface area contributed by atoms with Crippen molar-refractivity contribution < 1.29 is 95.4 Å². The van der Waals surface area contributed by atoms with Crippen LogP contribution in [0.1, 0.15) is 193 Å². The van der Waals surface area contributed by atoms with Crippen LogP contribution in [0.25, 0.3) is 0 Å². The molecule has 1 aromatic rings. The molecule has 0 radical (unpaired) electrons. The Labute approximate surface area is 517 Å². The van der Waals surface area contributed by atoms with Crippen molar-refractivity contribution >= 4 is 74.4 Å². The molecule has 0 aliphatic heterocycles. The van der Waals surface area contributed by atoms with Gasteiger partial charge in [-0.3, -0.25) is 53.3 Å². The van der Waals surface area contributed by atoms with Crippen LogP contribution in [-0.2, 0) is 87.9 Å². The van der Waals surface area contributed by atoms with Gasteiger partial charge in [-0.1, -0.05) is 89.2 Å². The van der Waals surface area contributed by atoms with Crippen molar-refractivity contribution in [3.8, 4) is 0 Å². The number of tetrazole rings is 1. The molecule has 0 unspecified atom stereocenters. The lowest BCUT2D eigenvalue weighted by Gasteiger charge is -2.15. The van der Waals surface area contributed by atoms with Gasteiger partial charge in [-0.2, -0.15) is 5.21 Å². The van der Waals surface area contributed by atoms with E-state index in [2.05, 4.69) is 41.9 Å². The van der Waals surface area contributed by atoms with Gasteiger partial charge in [-0.15, -0.1) is 10.2 Å². The highest BCUT2D eigenvalue weighted by molar-refractivity contribution is 7.92. The van der Waals surface area contributed by atoms with Gasteiger partial charge in [-0.25, -0.2) is 13.2 Å². The number of amides is 3. The van der Waals surface area contributed by atoms with Crippen molar-refractivity contribution in [2.75, 3.05) is 84.0 Å². The van der Waals surface area contributed by atoms with E-state index >= 15 is 0 Å². The molecule has 502 valence electrons. The maximum absolute atomic E-state index is 12.6. The molecule has 0 fully saturated rings. The number of unbranched alkanes of at least 4 members (excludes halogenated alkanes) is 13. The van der Waals surface area contributed by atoms with Crippen molar-refractivity contribution in [3.05, 3.63) is 5.82 Å². The Morgan fingerprint density at radius 1 is 0.511 bits per heavy atom. The van der Waals surface area contributed by atoms with E-state index in [0.717, 1.165) is 50.8 Å². The minimum atomic E-state index is -3.74. The molecule has 29 heteroatoms. The van der Waals surface area contributed by atoms with Crippen LogP contribution in [0.2, 0.25) is 0 Å². The number of H-pyrrole nitrogens is 1. The van der Waals surface area contributed by atoms with Crippen molar-refractivity contribution in [2.24, 2.45) is 11.8 Å². The molecule has 88 heavy (non-hydrogen) atoms. The summed E-state index contributed by atoms with van der Waals surface area (Å²) in [4.78, 5) is 133. The molecule has 0 aromatic carbocycles. The SMILES string of the molecule is CC(=O)[C@@H](C)CCCCNC(=O)CN[C@H](CC(=O)CC[C@H](CC(=O)COCCOCCNC(=O)COCCOCCCC(=O)CC[C@H](NC(=O)CCCS(=O)(=O)CC(=O)CCCCCCCCCCCCCCCc1nn[nH]n1)C(=O)O)C(=O)O)C(=O)O. The largest absolute Gasteiger partial charge is 0.481 e. The lowest BCUT2D eigenvalue weighted by atomic mass is 9.94. The lowest BCUT2D eigenvalue weighted by molar-refractivity contribution is -0.145. The number of hydrogen-bond acceptors (Lipinski definition) is 21. The zero-order chi connectivity index (χ0) is 65.2. The summed E-state index contributed by atoms with van der Waals surface area (Å²) in [6.45, 7) is 3.35. The molecular formula is C59H100N8O20S. The summed E-state index contributed by atoms with van der Waals surface area (Å²) >= 11 is 0. The zero-order valence-electron chi connectivity index (χ0n) is 51.8. The Bertz CT molecular complexity index is 2330. The van der Waals surface area contributed by atoms with Gasteiger partial charge in [-0.05, 0) is 58.3 Å². The van der Waals surface area contributed by atoms with Crippen LogP contribution in [0.5, 0.6) is 0 Å². The second-order valence-corrected chi connectivity index (χ2v) is 24.4. The number of Topliss-reactive ketones (excluding diaryl/α,β-unsaturated/α-hetero) is 5. The van der Waals surface area contributed by atoms with Gasteiger partial charge in [0.15, 0.2) is 21.4 Å². The molecule has 1 aromatic heterocycles. The molecule has 3 amide bonds. The van der Waals surface area contributed by atoms with E-state index in [4.69, 9.17) is 18.9 Å². The Morgan fingerprint density at radius 3 is 1.70 bits per heavy atom. The van der Waals surface area contributed by atoms with E-state index in [1.165, 1.54) is 51.9 Å². The molecule has 0 aliphatic rings. The number of aromatic nitrogens is 4. The van der Waals surface area contributed by atoms with Crippen LogP contribution in [0, 0.1) is 11.8 Å². The first-order chi connectivity index (χ1) is 42.1. The molecule has 0 aliphatic carbocycles. The van der Waals surface area contributed by atoms with Gasteiger partial charge in [0, 0.05) is 77.0 Å². The molecule has 1 rings (SSSR count). The average Bonchev–Trinajstić information content (AvgIpc) is 4.06. The van der Waals surface area contributed by atoms with Crippen molar-refractivity contribution in [3.63, 3.8) is 0 Å². The van der Waals surface area contributed by atoms with Crippen molar-refractivity contribution in [1.82, 2.24) is 41.9 Å². The number of ketones is 5. The number of ether oxygens (including phenoxy) is 4. The van der Waals surface area contributed by atoms with Crippen LogP contribution in [-0.4, -0.2) is 205 Å². The number of sulfone groups is 1. The number of nitrogens with zero attached hydrogens (tertiary/aromatic N) is 3. The van der Waals surface area contributed by atoms with E-state index in [0.29, 0.717) is 32.2 Å². The first-order valence-electron chi connectivity index (χ1n) is 31.1. The minimum Gasteiger partial charge on any atom is -0.481 e. The summed E-state index contributed by atoms with van der Waals surface area (Å²) < 4.78 is 46.4. The summed E-state index contributed by atoms with van der Waals surface area (Å²) in [5.74, 6) is -8.68. The van der Waals surface area contributed by atoms with E-state index in [9.17, 15) is 76.5 Å². The summed E-state index contributed by atoms with van der Waals surface area (Å²) in [5, 5.41) is 52.8. The van der Waals surface area contributed by atoms with Crippen LogP contribution in [0.15, 0.2) is 0 Å². The molecule has 0 spiro atoms. The molecule has 0 saturated heterocycles. The maximum Gasteiger partial charge on any atom is 0.326 e. The van der Waals surface area contributed by atoms with E-state index < -0.39 is 100 Å². The lowest BCUT2D eigenvalue weighted by Crippen LogP contribution is -2.44. The number of aromatic amines is 1. The third kappa shape index (κ3) is 46.2. The summed E-state index contributed by atoms with van der Waals surface area (Å²) in [6.07, 6.45) is 15.7. The third-order valence-corrected chi connectivity index (χ3v) is 16.0. The predicted octanol–water partition coefficient (Wildman–Crippen LogP) is 3.80. The summed E-state index contributed by atoms with van der Waals surface area (Å²) in [5.41, 5.74) is 0. The average molecular weight is 1270 g/mol. The number of carbonyl (C=O) groups is 11. The van der Waals surface area contributed by atoms with E-state index in [1.807, 2.05) is 6.92 Å². The topological polar surface area (TPSA) is 422 Å². The van der Waals surface area contributed by atoms with Crippen LogP contribution >= 0.6 is 0 Å². The Balaban J connectivity index is 2.06. The number of aryl methyl sites for hydroxylation is 1. The zero-order valence-corrected chi connectivity index (χ0v) is 52.6. The normalized spacial score (nSPS) is 12.8. The summed E-state index contributed by atoms with van der Waals surface area (Å²) in [6, 6.07) is -2.73. The van der Waals surface area contributed by atoms with Crippen molar-refractivity contribution in [2.45, 2.75) is 206 Å². The first kappa shape index (κ1) is 80.0. The molecule has 1 heterocycles. The quantitative estimate of drug-likeness (QED) is 0.0430.